The molecule has 140 valence electrons. The number of hydrogen-bond donors (Lipinski definition) is 2. The molecule has 0 aliphatic carbocycles. The molecule has 3 aromatic rings. The Morgan fingerprint density at radius 3 is 2.33 bits per heavy atom. The van der Waals surface area contributed by atoms with Gasteiger partial charge in [-0.3, -0.25) is 0 Å². The number of nitrogens with one attached hydrogen (secondary N) is 2. The Morgan fingerprint density at radius 1 is 1.00 bits per heavy atom. The van der Waals surface area contributed by atoms with Gasteiger partial charge in [-0.1, -0.05) is 11.6 Å². The van der Waals surface area contributed by atoms with Crippen LogP contribution in [-0.2, 0) is 6.18 Å². The molecular formula is C17H13ClF3N5O. The first-order valence-electron chi connectivity index (χ1n) is 7.60. The lowest BCUT2D eigenvalue weighted by molar-refractivity contribution is -0.137. The second-order valence-electron chi connectivity index (χ2n) is 5.34. The number of hydrogen-bond acceptors (Lipinski definition) is 6. The summed E-state index contributed by atoms with van der Waals surface area (Å²) in [5.41, 5.74) is 0.323. The standard InChI is InChI=1S/C17H13ClF3N5O/c1-27-14-7-6-12(8-13(14)18)24-16-25-15(9-22-26-16)23-11-4-2-10(3-5-11)17(19,20)21/h2-9H,1H3,(H2,23,24,25,26). The summed E-state index contributed by atoms with van der Waals surface area (Å²) < 4.78 is 42.9. The van der Waals surface area contributed by atoms with Gasteiger partial charge in [0.15, 0.2) is 5.82 Å². The second-order valence-corrected chi connectivity index (χ2v) is 5.75. The molecule has 0 spiro atoms. The van der Waals surface area contributed by atoms with Crippen molar-refractivity contribution in [2.75, 3.05) is 17.7 Å². The maximum Gasteiger partial charge on any atom is 0.416 e. The lowest BCUT2D eigenvalue weighted by Gasteiger charge is -2.10. The first kappa shape index (κ1) is 18.7. The summed E-state index contributed by atoms with van der Waals surface area (Å²) in [5.74, 6) is 1.03. The Labute approximate surface area is 157 Å². The number of anilines is 4. The molecule has 0 atom stereocenters. The van der Waals surface area contributed by atoms with Crippen LogP contribution in [0.4, 0.5) is 36.3 Å². The molecule has 0 unspecified atom stereocenters. The zero-order valence-corrected chi connectivity index (χ0v) is 14.6. The average molecular weight is 396 g/mol. The van der Waals surface area contributed by atoms with Gasteiger partial charge in [-0.25, -0.2) is 0 Å². The minimum atomic E-state index is -4.38. The van der Waals surface area contributed by atoms with Gasteiger partial charge in [-0.05, 0) is 42.5 Å². The smallest absolute Gasteiger partial charge is 0.416 e. The fourth-order valence-electron chi connectivity index (χ4n) is 2.18. The fourth-order valence-corrected chi connectivity index (χ4v) is 2.44. The molecule has 2 N–H and O–H groups in total. The Hall–Kier alpha value is -3.07. The van der Waals surface area contributed by atoms with Crippen LogP contribution in [0.25, 0.3) is 0 Å². The predicted octanol–water partition coefficient (Wildman–Crippen LogP) is 5.04. The van der Waals surface area contributed by atoms with E-state index >= 15 is 0 Å². The van der Waals surface area contributed by atoms with Crippen molar-refractivity contribution in [3.05, 3.63) is 59.2 Å². The minimum Gasteiger partial charge on any atom is -0.495 e. The van der Waals surface area contributed by atoms with Crippen molar-refractivity contribution >= 4 is 34.7 Å². The largest absolute Gasteiger partial charge is 0.495 e. The van der Waals surface area contributed by atoms with Crippen LogP contribution in [0.2, 0.25) is 5.02 Å². The van der Waals surface area contributed by atoms with Crippen molar-refractivity contribution in [3.8, 4) is 5.75 Å². The summed E-state index contributed by atoms with van der Waals surface area (Å²) >= 11 is 6.07. The van der Waals surface area contributed by atoms with E-state index in [1.54, 1.807) is 18.2 Å². The normalized spacial score (nSPS) is 11.1. The van der Waals surface area contributed by atoms with Crippen LogP contribution in [0.5, 0.6) is 5.75 Å². The summed E-state index contributed by atoms with van der Waals surface area (Å²) in [5, 5.41) is 13.9. The molecular weight excluding hydrogens is 383 g/mol. The Kier molecular flexibility index (Phi) is 5.31. The Bertz CT molecular complexity index is 935. The van der Waals surface area contributed by atoms with Crippen molar-refractivity contribution in [3.63, 3.8) is 0 Å². The zero-order valence-electron chi connectivity index (χ0n) is 13.9. The molecule has 0 aliphatic heterocycles. The summed E-state index contributed by atoms with van der Waals surface area (Å²) in [6.45, 7) is 0. The predicted molar refractivity (Wildman–Crippen MR) is 95.8 cm³/mol. The Morgan fingerprint density at radius 2 is 1.70 bits per heavy atom. The highest BCUT2D eigenvalue weighted by molar-refractivity contribution is 6.32. The molecule has 3 rings (SSSR count). The van der Waals surface area contributed by atoms with E-state index in [0.29, 0.717) is 28.0 Å². The first-order chi connectivity index (χ1) is 12.8. The number of ether oxygens (including phenoxy) is 1. The van der Waals surface area contributed by atoms with Gasteiger partial charge in [0.2, 0.25) is 5.95 Å². The molecule has 0 saturated heterocycles. The van der Waals surface area contributed by atoms with E-state index in [1.165, 1.54) is 25.4 Å². The van der Waals surface area contributed by atoms with Crippen LogP contribution in [0.3, 0.4) is 0 Å². The lowest BCUT2D eigenvalue weighted by atomic mass is 10.2. The fraction of sp³-hybridized carbons (Fsp3) is 0.118. The van der Waals surface area contributed by atoms with E-state index in [9.17, 15) is 13.2 Å². The second kappa shape index (κ2) is 7.67. The van der Waals surface area contributed by atoms with Crippen LogP contribution in [0, 0.1) is 0 Å². The lowest BCUT2D eigenvalue weighted by Crippen LogP contribution is -2.05. The van der Waals surface area contributed by atoms with Gasteiger partial charge in [0.25, 0.3) is 0 Å². The van der Waals surface area contributed by atoms with Gasteiger partial charge in [0.05, 0.1) is 23.9 Å². The van der Waals surface area contributed by atoms with Crippen LogP contribution in [0.1, 0.15) is 5.56 Å². The summed E-state index contributed by atoms with van der Waals surface area (Å²) in [7, 11) is 1.51. The van der Waals surface area contributed by atoms with E-state index in [2.05, 4.69) is 25.8 Å². The molecule has 0 saturated carbocycles. The van der Waals surface area contributed by atoms with Gasteiger partial charge >= 0.3 is 6.18 Å². The van der Waals surface area contributed by atoms with Crippen molar-refractivity contribution < 1.29 is 17.9 Å². The van der Waals surface area contributed by atoms with Crippen molar-refractivity contribution in [1.82, 2.24) is 15.2 Å². The van der Waals surface area contributed by atoms with Crippen molar-refractivity contribution in [2.45, 2.75) is 6.18 Å². The van der Waals surface area contributed by atoms with Crippen LogP contribution in [0.15, 0.2) is 48.7 Å². The van der Waals surface area contributed by atoms with E-state index in [4.69, 9.17) is 16.3 Å². The van der Waals surface area contributed by atoms with Gasteiger partial charge < -0.3 is 15.4 Å². The topological polar surface area (TPSA) is 72.0 Å². The molecule has 0 radical (unpaired) electrons. The molecule has 1 heterocycles. The van der Waals surface area contributed by atoms with E-state index in [0.717, 1.165) is 12.1 Å². The van der Waals surface area contributed by atoms with Gasteiger partial charge in [-0.15, -0.1) is 5.10 Å². The molecule has 27 heavy (non-hydrogen) atoms. The molecule has 0 bridgehead atoms. The summed E-state index contributed by atoms with van der Waals surface area (Å²) in [4.78, 5) is 4.21. The van der Waals surface area contributed by atoms with Crippen molar-refractivity contribution in [1.29, 1.82) is 0 Å². The molecule has 2 aromatic carbocycles. The highest BCUT2D eigenvalue weighted by atomic mass is 35.5. The van der Waals surface area contributed by atoms with Gasteiger partial charge in [0.1, 0.15) is 5.75 Å². The number of halogens is 4. The Balaban J connectivity index is 1.73. The van der Waals surface area contributed by atoms with E-state index in [1.807, 2.05) is 0 Å². The third-order valence-electron chi connectivity index (χ3n) is 3.45. The number of nitrogens with zero attached hydrogens (tertiary/aromatic N) is 3. The number of methoxy groups -OCH3 is 1. The molecule has 0 fully saturated rings. The van der Waals surface area contributed by atoms with Crippen LogP contribution >= 0.6 is 11.6 Å². The monoisotopic (exact) mass is 395 g/mol. The molecule has 0 aliphatic rings. The number of aromatic nitrogens is 3. The average Bonchev–Trinajstić information content (AvgIpc) is 2.62. The maximum absolute atomic E-state index is 12.6. The number of benzene rings is 2. The third-order valence-corrected chi connectivity index (χ3v) is 3.75. The van der Waals surface area contributed by atoms with Gasteiger partial charge in [-0.2, -0.15) is 23.3 Å². The summed E-state index contributed by atoms with van der Waals surface area (Å²) in [6, 6.07) is 9.62. The molecule has 0 amide bonds. The van der Waals surface area contributed by atoms with E-state index < -0.39 is 11.7 Å². The number of alkyl halides is 3. The quantitative estimate of drug-likeness (QED) is 0.630. The SMILES string of the molecule is COc1ccc(Nc2nncc(Nc3ccc(C(F)(F)F)cc3)n2)cc1Cl. The highest BCUT2D eigenvalue weighted by Gasteiger charge is 2.29. The maximum atomic E-state index is 12.6. The highest BCUT2D eigenvalue weighted by Crippen LogP contribution is 2.30. The molecule has 10 heteroatoms. The van der Waals surface area contributed by atoms with Crippen LogP contribution in [-0.4, -0.2) is 22.3 Å². The molecule has 1 aromatic heterocycles. The van der Waals surface area contributed by atoms with Crippen molar-refractivity contribution in [2.24, 2.45) is 0 Å². The minimum absolute atomic E-state index is 0.188. The van der Waals surface area contributed by atoms with Crippen LogP contribution < -0.4 is 15.4 Å². The van der Waals surface area contributed by atoms with E-state index in [-0.39, 0.29) is 5.95 Å². The third kappa shape index (κ3) is 4.76. The molecule has 6 nitrogen and oxygen atoms in total. The number of rotatable bonds is 5. The zero-order chi connectivity index (χ0) is 19.4. The van der Waals surface area contributed by atoms with Gasteiger partial charge in [0, 0.05) is 11.4 Å². The summed E-state index contributed by atoms with van der Waals surface area (Å²) in [6.07, 6.45) is -3.03. The first-order valence-corrected chi connectivity index (χ1v) is 7.97.